The van der Waals surface area contributed by atoms with E-state index in [1.165, 1.54) is 0 Å². The number of hydrogen-bond donors (Lipinski definition) is 2. The van der Waals surface area contributed by atoms with Crippen molar-refractivity contribution in [1.29, 1.82) is 0 Å². The first-order chi connectivity index (χ1) is 21.5. The van der Waals surface area contributed by atoms with Crippen molar-refractivity contribution >= 4 is 34.4 Å². The summed E-state index contributed by atoms with van der Waals surface area (Å²) in [5.41, 5.74) is 8.75. The monoisotopic (exact) mass is 617 g/mol. The largest absolute Gasteiger partial charge is 0.416 e. The van der Waals surface area contributed by atoms with Gasteiger partial charge in [-0.05, 0) is 61.9 Å². The number of alkyl halides is 3. The number of piperazine rings is 1. The molecular weight excluding hydrogens is 583 g/mol. The number of carbonyl (C=O) groups excluding carboxylic acids is 1. The number of anilines is 4. The molecule has 2 aromatic heterocycles. The second-order valence-corrected chi connectivity index (χ2v) is 11.2. The van der Waals surface area contributed by atoms with Crippen LogP contribution in [0.25, 0.3) is 5.70 Å². The summed E-state index contributed by atoms with van der Waals surface area (Å²) in [6.07, 6.45) is 2.57. The minimum atomic E-state index is -4.57. The highest BCUT2D eigenvalue weighted by Crippen LogP contribution is 2.36. The van der Waals surface area contributed by atoms with E-state index in [-0.39, 0.29) is 5.69 Å². The number of hydrogen-bond acceptors (Lipinski definition) is 8. The molecule has 0 unspecified atom stereocenters. The van der Waals surface area contributed by atoms with Gasteiger partial charge in [0.05, 0.1) is 23.1 Å². The molecule has 234 valence electrons. The van der Waals surface area contributed by atoms with E-state index in [2.05, 4.69) is 25.7 Å². The maximum Gasteiger partial charge on any atom is 0.416 e. The van der Waals surface area contributed by atoms with Crippen LogP contribution < -0.4 is 25.6 Å². The van der Waals surface area contributed by atoms with Crippen molar-refractivity contribution in [2.75, 3.05) is 53.4 Å². The van der Waals surface area contributed by atoms with Crippen LogP contribution in [0.4, 0.5) is 35.9 Å². The third-order valence-corrected chi connectivity index (χ3v) is 8.28. The quantitative estimate of drug-likeness (QED) is 0.306. The van der Waals surface area contributed by atoms with Gasteiger partial charge in [-0.2, -0.15) is 18.3 Å². The number of carbonyl (C=O) groups is 1. The lowest BCUT2D eigenvalue weighted by Gasteiger charge is -2.37. The molecule has 1 fully saturated rings. The van der Waals surface area contributed by atoms with E-state index in [0.717, 1.165) is 46.0 Å². The van der Waals surface area contributed by atoms with Gasteiger partial charge in [0.15, 0.2) is 0 Å². The summed E-state index contributed by atoms with van der Waals surface area (Å²) >= 11 is 0. The van der Waals surface area contributed by atoms with Crippen LogP contribution in [0.15, 0.2) is 73.3 Å². The predicted octanol–water partition coefficient (Wildman–Crippen LogP) is 5.20. The standard InChI is InChI=1S/C32H34F3N9O/c1-21-5-6-23(15-30(21)44-20-29(39-41(44)4)28-19-37-40(3)22(28)2)31(45)38-25-16-24(32(33,34)35)17-27(18-25)43-13-11-42(12-14-43)26-7-9-36-10-8-26/h5-10,15-20,39H,11-14H2,1-4H3,(H,38,45). The lowest BCUT2D eigenvalue weighted by atomic mass is 10.1. The molecule has 0 radical (unpaired) electrons. The Morgan fingerprint density at radius 2 is 1.60 bits per heavy atom. The number of hydrazine groups is 2. The number of rotatable bonds is 6. The van der Waals surface area contributed by atoms with Gasteiger partial charge in [0.2, 0.25) is 0 Å². The summed E-state index contributed by atoms with van der Waals surface area (Å²) in [5, 5.41) is 10.7. The molecule has 1 saturated heterocycles. The van der Waals surface area contributed by atoms with E-state index >= 15 is 0 Å². The molecule has 10 nitrogen and oxygen atoms in total. The zero-order valence-electron chi connectivity index (χ0n) is 25.4. The van der Waals surface area contributed by atoms with Crippen molar-refractivity contribution in [1.82, 2.24) is 25.3 Å². The van der Waals surface area contributed by atoms with Crippen molar-refractivity contribution in [2.24, 2.45) is 7.05 Å². The minimum Gasteiger partial charge on any atom is -0.368 e. The highest BCUT2D eigenvalue weighted by Gasteiger charge is 2.32. The molecule has 2 aliphatic heterocycles. The van der Waals surface area contributed by atoms with E-state index in [1.807, 2.05) is 62.3 Å². The lowest BCUT2D eigenvalue weighted by Crippen LogP contribution is -2.46. The van der Waals surface area contributed by atoms with Gasteiger partial charge in [-0.25, -0.2) is 0 Å². The maximum absolute atomic E-state index is 14.0. The van der Waals surface area contributed by atoms with Gasteiger partial charge in [-0.15, -0.1) is 5.12 Å². The second-order valence-electron chi connectivity index (χ2n) is 11.2. The lowest BCUT2D eigenvalue weighted by molar-refractivity contribution is -0.137. The first kappa shape index (κ1) is 30.0. The van der Waals surface area contributed by atoms with E-state index in [1.54, 1.807) is 46.6 Å². The number of halogens is 3. The Morgan fingerprint density at radius 3 is 2.24 bits per heavy atom. The fourth-order valence-corrected chi connectivity index (χ4v) is 5.60. The van der Waals surface area contributed by atoms with Crippen molar-refractivity contribution in [2.45, 2.75) is 20.0 Å². The van der Waals surface area contributed by atoms with Crippen LogP contribution in [0.1, 0.15) is 32.7 Å². The zero-order valence-corrected chi connectivity index (χ0v) is 25.4. The number of amides is 1. The SMILES string of the molecule is Cc1ccc(C(=O)Nc2cc(N3CCN(c4ccncc4)CC3)cc(C(F)(F)F)c2)cc1N1C=C(c2cnn(C)c2C)NN1C. The summed E-state index contributed by atoms with van der Waals surface area (Å²) in [4.78, 5) is 21.6. The number of aromatic nitrogens is 3. The highest BCUT2D eigenvalue weighted by molar-refractivity contribution is 6.05. The molecular formula is C32H34F3N9O. The van der Waals surface area contributed by atoms with Crippen LogP contribution >= 0.6 is 0 Å². The van der Waals surface area contributed by atoms with Gasteiger partial charge in [0.1, 0.15) is 0 Å². The zero-order chi connectivity index (χ0) is 31.9. The highest BCUT2D eigenvalue weighted by atomic mass is 19.4. The molecule has 2 aromatic carbocycles. The van der Waals surface area contributed by atoms with E-state index in [0.29, 0.717) is 37.4 Å². The van der Waals surface area contributed by atoms with Crippen LogP contribution in [-0.2, 0) is 13.2 Å². The smallest absolute Gasteiger partial charge is 0.368 e. The summed E-state index contributed by atoms with van der Waals surface area (Å²) in [5.74, 6) is -0.508. The summed E-state index contributed by atoms with van der Waals surface area (Å²) in [6, 6.07) is 12.8. The van der Waals surface area contributed by atoms with Crippen molar-refractivity contribution in [3.05, 3.63) is 101 Å². The molecule has 4 aromatic rings. The molecule has 4 heterocycles. The summed E-state index contributed by atoms with van der Waals surface area (Å²) in [7, 11) is 3.72. The normalized spacial score (nSPS) is 15.7. The third-order valence-electron chi connectivity index (χ3n) is 8.28. The van der Waals surface area contributed by atoms with Gasteiger partial charge in [-0.3, -0.25) is 24.9 Å². The van der Waals surface area contributed by atoms with Gasteiger partial charge < -0.3 is 15.1 Å². The predicted molar refractivity (Wildman–Crippen MR) is 169 cm³/mol. The van der Waals surface area contributed by atoms with Crippen LogP contribution in [0, 0.1) is 13.8 Å². The molecule has 0 spiro atoms. The van der Waals surface area contributed by atoms with E-state index in [9.17, 15) is 18.0 Å². The average molecular weight is 618 g/mol. The van der Waals surface area contributed by atoms with Crippen LogP contribution in [0.3, 0.4) is 0 Å². The van der Waals surface area contributed by atoms with Crippen LogP contribution in [0.2, 0.25) is 0 Å². The third kappa shape index (κ3) is 6.16. The van der Waals surface area contributed by atoms with Crippen molar-refractivity contribution in [3.63, 3.8) is 0 Å². The van der Waals surface area contributed by atoms with Crippen molar-refractivity contribution in [3.8, 4) is 0 Å². The first-order valence-electron chi connectivity index (χ1n) is 14.5. The van der Waals surface area contributed by atoms with Gasteiger partial charge >= 0.3 is 6.18 Å². The second kappa shape index (κ2) is 11.8. The Balaban J connectivity index is 1.23. The molecule has 6 rings (SSSR count). The average Bonchev–Trinajstić information content (AvgIpc) is 3.57. The van der Waals surface area contributed by atoms with Crippen LogP contribution in [-0.4, -0.2) is 59.0 Å². The number of aryl methyl sites for hydroxylation is 2. The Morgan fingerprint density at radius 1 is 0.911 bits per heavy atom. The Hall–Kier alpha value is -5.04. The van der Waals surface area contributed by atoms with Gasteiger partial charge in [0, 0.05) is 92.8 Å². The molecule has 2 aliphatic rings. The van der Waals surface area contributed by atoms with Crippen molar-refractivity contribution < 1.29 is 18.0 Å². The molecule has 2 N–H and O–H groups in total. The molecule has 0 aliphatic carbocycles. The number of nitrogens with zero attached hydrogens (tertiary/aromatic N) is 7. The van der Waals surface area contributed by atoms with Gasteiger partial charge in [0.25, 0.3) is 5.91 Å². The van der Waals surface area contributed by atoms with Crippen LogP contribution in [0.5, 0.6) is 0 Å². The van der Waals surface area contributed by atoms with E-state index < -0.39 is 17.6 Å². The summed E-state index contributed by atoms with van der Waals surface area (Å²) < 4.78 is 43.7. The Kier molecular flexibility index (Phi) is 7.87. The number of pyridine rings is 1. The minimum absolute atomic E-state index is 0.0812. The first-order valence-corrected chi connectivity index (χ1v) is 14.5. The molecule has 1 amide bonds. The van der Waals surface area contributed by atoms with Gasteiger partial charge in [-0.1, -0.05) is 6.07 Å². The number of nitrogens with one attached hydrogen (secondary N) is 2. The molecule has 0 bridgehead atoms. The molecule has 0 atom stereocenters. The number of benzene rings is 2. The topological polar surface area (TPSA) is 84.8 Å². The molecule has 45 heavy (non-hydrogen) atoms. The Labute approximate surface area is 259 Å². The Bertz CT molecular complexity index is 1740. The molecule has 13 heteroatoms. The summed E-state index contributed by atoms with van der Waals surface area (Å²) in [6.45, 7) is 6.26. The fourth-order valence-electron chi connectivity index (χ4n) is 5.60. The van der Waals surface area contributed by atoms with E-state index in [4.69, 9.17) is 0 Å². The maximum atomic E-state index is 14.0. The fraction of sp³-hybridized carbons (Fsp3) is 0.281. The molecule has 0 saturated carbocycles.